The summed E-state index contributed by atoms with van der Waals surface area (Å²) in [6.45, 7) is -0.614. The maximum Gasteiger partial charge on any atom is 0.280 e. The number of fused-ring (bicyclic) bond motifs is 1. The number of aliphatic hydroxyl groups is 2. The highest BCUT2D eigenvalue weighted by molar-refractivity contribution is 5.70. The summed E-state index contributed by atoms with van der Waals surface area (Å²) in [5.74, 6) is -0.0184. The Bertz CT molecular complexity index is 822. The summed E-state index contributed by atoms with van der Waals surface area (Å²) in [6, 6.07) is 1.74. The molecule has 2 saturated carbocycles. The summed E-state index contributed by atoms with van der Waals surface area (Å²) in [5.41, 5.74) is 5.43. The molecular weight excluding hydrogens is 400 g/mol. The molecule has 0 saturated heterocycles. The van der Waals surface area contributed by atoms with Crippen molar-refractivity contribution < 1.29 is 14.9 Å². The smallest absolute Gasteiger partial charge is 0.280 e. The van der Waals surface area contributed by atoms with Crippen LogP contribution < -0.4 is 16.6 Å². The minimum atomic E-state index is -0.693. The van der Waals surface area contributed by atoms with Crippen LogP contribution in [0.5, 0.6) is 0 Å². The third-order valence-electron chi connectivity index (χ3n) is 6.03. The lowest BCUT2D eigenvalue weighted by Gasteiger charge is -2.30. The van der Waals surface area contributed by atoms with Crippen LogP contribution in [0, 0.1) is 0 Å². The molecule has 0 radical (unpaired) electrons. The number of nitrogen functional groups attached to an aromatic ring is 1. The molecular formula is C21H36N6O4. The highest BCUT2D eigenvalue weighted by atomic mass is 16.5. The van der Waals surface area contributed by atoms with Gasteiger partial charge in [0.2, 0.25) is 5.95 Å². The number of nitrogens with one attached hydrogen (secondary N) is 2. The van der Waals surface area contributed by atoms with E-state index in [9.17, 15) is 4.79 Å². The summed E-state index contributed by atoms with van der Waals surface area (Å²) in [5, 5.41) is 21.6. The summed E-state index contributed by atoms with van der Waals surface area (Å²) in [4.78, 5) is 21.6. The van der Waals surface area contributed by atoms with Crippen LogP contribution in [0.15, 0.2) is 11.1 Å². The first kappa shape index (κ1) is 23.6. The quantitative estimate of drug-likeness (QED) is 0.435. The second-order valence-corrected chi connectivity index (χ2v) is 8.46. The Labute approximate surface area is 182 Å². The van der Waals surface area contributed by atoms with Crippen molar-refractivity contribution in [1.29, 1.82) is 0 Å². The maximum atomic E-state index is 11.5. The van der Waals surface area contributed by atoms with Gasteiger partial charge in [-0.3, -0.25) is 14.3 Å². The molecule has 4 rings (SSSR count). The first-order valence-corrected chi connectivity index (χ1v) is 11.4. The van der Waals surface area contributed by atoms with E-state index >= 15 is 0 Å². The number of anilines is 1. The van der Waals surface area contributed by atoms with E-state index in [1.54, 1.807) is 0 Å². The molecule has 0 spiro atoms. The number of hydrogen-bond acceptors (Lipinski definition) is 8. The van der Waals surface area contributed by atoms with Crippen molar-refractivity contribution in [3.05, 3.63) is 16.7 Å². The molecule has 0 unspecified atom stereocenters. The van der Waals surface area contributed by atoms with Crippen LogP contribution in [0.2, 0.25) is 0 Å². The van der Waals surface area contributed by atoms with Crippen molar-refractivity contribution in [1.82, 2.24) is 24.8 Å². The molecule has 2 aliphatic rings. The molecule has 0 aliphatic heterocycles. The van der Waals surface area contributed by atoms with E-state index < -0.39 is 11.7 Å². The number of aromatic amines is 1. The molecule has 0 amide bonds. The van der Waals surface area contributed by atoms with Gasteiger partial charge < -0.3 is 26.0 Å². The standard InChI is InChI=1S/C12H23N.C9H13N5O4/c1-3-7-11(8-4-1)13-12-9-5-2-6-10-12;10-9-12-7-6(8(17)13-9)11-3-14(7)4-18-5(1-15)2-16/h11-13H,1-10H2;3,5,15-16H,1-2,4H2,(H3,10,12,13,17). The SMILES string of the molecule is C1CCC(NC2CCCCC2)CC1.Nc1nc2c(ncn2COC(CO)CO)c(=O)[nH]1. The van der Waals surface area contributed by atoms with E-state index in [2.05, 4.69) is 20.3 Å². The van der Waals surface area contributed by atoms with Gasteiger partial charge in [-0.2, -0.15) is 4.98 Å². The molecule has 10 heteroatoms. The van der Waals surface area contributed by atoms with Gasteiger partial charge in [0.1, 0.15) is 12.8 Å². The monoisotopic (exact) mass is 436 g/mol. The molecule has 0 atom stereocenters. The molecule has 6 N–H and O–H groups in total. The third kappa shape index (κ3) is 6.99. The lowest BCUT2D eigenvalue weighted by atomic mass is 9.91. The molecule has 0 bridgehead atoms. The Morgan fingerprint density at radius 2 is 1.68 bits per heavy atom. The second kappa shape index (κ2) is 12.1. The summed E-state index contributed by atoms with van der Waals surface area (Å²) in [7, 11) is 0. The third-order valence-corrected chi connectivity index (χ3v) is 6.03. The fourth-order valence-electron chi connectivity index (χ4n) is 4.29. The Morgan fingerprint density at radius 3 is 2.23 bits per heavy atom. The largest absolute Gasteiger partial charge is 0.394 e. The van der Waals surface area contributed by atoms with Crippen LogP contribution in [-0.2, 0) is 11.5 Å². The zero-order chi connectivity index (χ0) is 22.1. The molecule has 0 aromatic carbocycles. The molecule has 2 heterocycles. The van der Waals surface area contributed by atoms with Crippen molar-refractivity contribution in [3.8, 4) is 0 Å². The Balaban J connectivity index is 0.000000185. The lowest BCUT2D eigenvalue weighted by Crippen LogP contribution is -2.40. The van der Waals surface area contributed by atoms with Gasteiger partial charge >= 0.3 is 0 Å². The van der Waals surface area contributed by atoms with Gasteiger partial charge in [-0.15, -0.1) is 0 Å². The minimum absolute atomic E-state index is 0.00181. The van der Waals surface area contributed by atoms with E-state index in [0.29, 0.717) is 0 Å². The van der Waals surface area contributed by atoms with Crippen molar-refractivity contribution >= 4 is 17.1 Å². The number of H-pyrrole nitrogens is 1. The summed E-state index contributed by atoms with van der Waals surface area (Å²) < 4.78 is 6.66. The predicted molar refractivity (Wildman–Crippen MR) is 118 cm³/mol. The van der Waals surface area contributed by atoms with Gasteiger partial charge in [0.05, 0.1) is 19.5 Å². The average molecular weight is 437 g/mol. The van der Waals surface area contributed by atoms with Crippen LogP contribution >= 0.6 is 0 Å². The normalized spacial score (nSPS) is 18.3. The number of ether oxygens (including phenoxy) is 1. The highest BCUT2D eigenvalue weighted by Gasteiger charge is 2.19. The van der Waals surface area contributed by atoms with Crippen molar-refractivity contribution in [2.75, 3.05) is 18.9 Å². The molecule has 2 aromatic rings. The average Bonchev–Trinajstić information content (AvgIpc) is 3.19. The van der Waals surface area contributed by atoms with E-state index in [4.69, 9.17) is 20.7 Å². The molecule has 2 aliphatic carbocycles. The van der Waals surface area contributed by atoms with Gasteiger partial charge in [-0.05, 0) is 25.7 Å². The number of nitrogens with two attached hydrogens (primary N) is 1. The van der Waals surface area contributed by atoms with E-state index in [1.807, 2.05) is 0 Å². The molecule has 2 fully saturated rings. The molecule has 2 aromatic heterocycles. The Kier molecular flexibility index (Phi) is 9.26. The molecule has 10 nitrogen and oxygen atoms in total. The number of nitrogens with zero attached hydrogens (tertiary/aromatic N) is 3. The van der Waals surface area contributed by atoms with Crippen LogP contribution in [0.3, 0.4) is 0 Å². The number of aliphatic hydroxyl groups excluding tert-OH is 2. The van der Waals surface area contributed by atoms with E-state index in [-0.39, 0.29) is 37.1 Å². The minimum Gasteiger partial charge on any atom is -0.394 e. The maximum absolute atomic E-state index is 11.5. The van der Waals surface area contributed by atoms with Crippen molar-refractivity contribution in [2.45, 2.75) is 89.1 Å². The first-order valence-electron chi connectivity index (χ1n) is 11.4. The molecule has 31 heavy (non-hydrogen) atoms. The Morgan fingerprint density at radius 1 is 1.10 bits per heavy atom. The van der Waals surface area contributed by atoms with Crippen LogP contribution in [0.4, 0.5) is 5.95 Å². The zero-order valence-corrected chi connectivity index (χ0v) is 18.1. The first-order chi connectivity index (χ1) is 15.1. The number of hydrogen-bond donors (Lipinski definition) is 5. The van der Waals surface area contributed by atoms with Gasteiger partial charge in [0, 0.05) is 12.1 Å². The van der Waals surface area contributed by atoms with E-state index in [0.717, 1.165) is 12.1 Å². The number of aromatic nitrogens is 4. The zero-order valence-electron chi connectivity index (χ0n) is 18.1. The summed E-state index contributed by atoms with van der Waals surface area (Å²) >= 11 is 0. The fraction of sp³-hybridized carbons (Fsp3) is 0.762. The van der Waals surface area contributed by atoms with Crippen molar-refractivity contribution in [2.24, 2.45) is 0 Å². The van der Waals surface area contributed by atoms with Crippen LogP contribution in [0.1, 0.15) is 64.2 Å². The Hall–Kier alpha value is -2.01. The van der Waals surface area contributed by atoms with Crippen LogP contribution in [0.25, 0.3) is 11.2 Å². The topological polar surface area (TPSA) is 151 Å². The van der Waals surface area contributed by atoms with Crippen LogP contribution in [-0.4, -0.2) is 61.1 Å². The van der Waals surface area contributed by atoms with E-state index in [1.165, 1.54) is 75.1 Å². The second-order valence-electron chi connectivity index (χ2n) is 8.46. The fourth-order valence-corrected chi connectivity index (χ4v) is 4.29. The van der Waals surface area contributed by atoms with Gasteiger partial charge in [0.25, 0.3) is 5.56 Å². The number of imidazole rings is 1. The highest BCUT2D eigenvalue weighted by Crippen LogP contribution is 2.22. The van der Waals surface area contributed by atoms with Gasteiger partial charge in [-0.1, -0.05) is 38.5 Å². The van der Waals surface area contributed by atoms with Crippen molar-refractivity contribution in [3.63, 3.8) is 0 Å². The van der Waals surface area contributed by atoms with Gasteiger partial charge in [0.15, 0.2) is 11.2 Å². The number of rotatable bonds is 7. The lowest BCUT2D eigenvalue weighted by molar-refractivity contribution is -0.0488. The molecule has 174 valence electrons. The summed E-state index contributed by atoms with van der Waals surface area (Å²) in [6.07, 6.45) is 15.2. The van der Waals surface area contributed by atoms with Gasteiger partial charge in [-0.25, -0.2) is 4.98 Å². The predicted octanol–water partition coefficient (Wildman–Crippen LogP) is 1.27.